The van der Waals surface area contributed by atoms with Crippen molar-refractivity contribution in [2.75, 3.05) is 26.2 Å². The Morgan fingerprint density at radius 2 is 1.85 bits per heavy atom. The average molecular weight is 184 g/mol. The van der Waals surface area contributed by atoms with Crippen molar-refractivity contribution in [3.63, 3.8) is 0 Å². The summed E-state index contributed by atoms with van der Waals surface area (Å²) in [4.78, 5) is 2.56. The second kappa shape index (κ2) is 4.43. The number of rotatable bonds is 1. The molecule has 2 saturated heterocycles. The first-order valence-corrected chi connectivity index (χ1v) is 5.67. The van der Waals surface area contributed by atoms with Crippen LogP contribution in [-0.2, 0) is 0 Å². The Labute approximate surface area is 82.7 Å². The zero-order chi connectivity index (χ0) is 9.90. The minimum Gasteiger partial charge on any atom is -0.316 e. The summed E-state index contributed by atoms with van der Waals surface area (Å²) >= 11 is 0. The zero-order valence-electron chi connectivity index (χ0n) is 9.56. The van der Waals surface area contributed by atoms with Gasteiger partial charge in [0.25, 0.3) is 0 Å². The quantitative estimate of drug-likeness (QED) is 0.667. The van der Waals surface area contributed by atoms with E-state index in [2.05, 4.69) is 24.1 Å². The first-order valence-electron chi connectivity index (χ1n) is 5.67. The molecule has 0 atom stereocenters. The zero-order valence-corrected chi connectivity index (χ0v) is 9.56. The average Bonchev–Trinajstić information content (AvgIpc) is 2.53. The van der Waals surface area contributed by atoms with Crippen LogP contribution in [0, 0.1) is 5.41 Å². The molecule has 2 heterocycles. The third-order valence-corrected chi connectivity index (χ3v) is 3.14. The number of hydrogen-bond acceptors (Lipinski definition) is 2. The molecule has 1 spiro atoms. The molecule has 0 amide bonds. The third kappa shape index (κ3) is 2.23. The van der Waals surface area contributed by atoms with Crippen LogP contribution in [0.3, 0.4) is 0 Å². The third-order valence-electron chi connectivity index (χ3n) is 3.14. The molecule has 2 aliphatic heterocycles. The van der Waals surface area contributed by atoms with Crippen LogP contribution in [0.5, 0.6) is 0 Å². The standard InChI is InChI=1S/C9H18N2.C2H6/c1-8(2)11-6-9(7-11)3-4-10-5-9;1-2/h8,10H,3-7H2,1-2H3;1-2H3. The lowest BCUT2D eigenvalue weighted by Gasteiger charge is -2.50. The molecule has 0 radical (unpaired) electrons. The SMILES string of the molecule is CC.CC(C)N1CC2(CCNC2)C1. The molecule has 0 aromatic heterocycles. The Balaban J connectivity index is 0.000000396. The smallest absolute Gasteiger partial charge is 0.00945 e. The van der Waals surface area contributed by atoms with Gasteiger partial charge in [0.15, 0.2) is 0 Å². The molecular weight excluding hydrogens is 160 g/mol. The molecule has 0 aliphatic carbocycles. The van der Waals surface area contributed by atoms with E-state index in [1.807, 2.05) is 13.8 Å². The lowest BCUT2D eigenvalue weighted by molar-refractivity contribution is -0.00685. The molecule has 13 heavy (non-hydrogen) atoms. The first-order chi connectivity index (χ1) is 6.22. The lowest BCUT2D eigenvalue weighted by Crippen LogP contribution is -2.59. The van der Waals surface area contributed by atoms with Gasteiger partial charge >= 0.3 is 0 Å². The van der Waals surface area contributed by atoms with Gasteiger partial charge in [-0.3, -0.25) is 4.90 Å². The topological polar surface area (TPSA) is 15.3 Å². The Hall–Kier alpha value is -0.0800. The Morgan fingerprint density at radius 3 is 2.23 bits per heavy atom. The van der Waals surface area contributed by atoms with E-state index in [1.54, 1.807) is 0 Å². The van der Waals surface area contributed by atoms with E-state index in [-0.39, 0.29) is 0 Å². The van der Waals surface area contributed by atoms with E-state index in [1.165, 1.54) is 32.6 Å². The summed E-state index contributed by atoms with van der Waals surface area (Å²) in [5.74, 6) is 0. The van der Waals surface area contributed by atoms with Gasteiger partial charge in [0.2, 0.25) is 0 Å². The van der Waals surface area contributed by atoms with Crippen molar-refractivity contribution in [2.24, 2.45) is 5.41 Å². The van der Waals surface area contributed by atoms with Crippen molar-refractivity contribution in [2.45, 2.75) is 40.2 Å². The molecule has 2 nitrogen and oxygen atoms in total. The van der Waals surface area contributed by atoms with E-state index in [0.717, 1.165) is 6.04 Å². The highest BCUT2D eigenvalue weighted by Gasteiger charge is 2.45. The van der Waals surface area contributed by atoms with Crippen LogP contribution in [0.4, 0.5) is 0 Å². The van der Waals surface area contributed by atoms with Gasteiger partial charge in [0, 0.05) is 31.1 Å². The van der Waals surface area contributed by atoms with Crippen LogP contribution in [0.2, 0.25) is 0 Å². The van der Waals surface area contributed by atoms with Crippen molar-refractivity contribution in [3.05, 3.63) is 0 Å². The largest absolute Gasteiger partial charge is 0.316 e. The molecule has 0 aromatic rings. The van der Waals surface area contributed by atoms with Crippen molar-refractivity contribution in [1.82, 2.24) is 10.2 Å². The molecule has 78 valence electrons. The minimum absolute atomic E-state index is 0.685. The van der Waals surface area contributed by atoms with E-state index in [0.29, 0.717) is 5.41 Å². The number of nitrogens with zero attached hydrogens (tertiary/aromatic N) is 1. The van der Waals surface area contributed by atoms with E-state index in [9.17, 15) is 0 Å². The summed E-state index contributed by atoms with van der Waals surface area (Å²) in [5, 5.41) is 3.45. The van der Waals surface area contributed by atoms with Crippen LogP contribution in [0.1, 0.15) is 34.1 Å². The summed E-state index contributed by atoms with van der Waals surface area (Å²) in [5.41, 5.74) is 0.685. The highest BCUT2D eigenvalue weighted by atomic mass is 15.2. The molecule has 0 unspecified atom stereocenters. The number of hydrogen-bond donors (Lipinski definition) is 1. The van der Waals surface area contributed by atoms with Crippen LogP contribution in [-0.4, -0.2) is 37.1 Å². The lowest BCUT2D eigenvalue weighted by atomic mass is 9.78. The van der Waals surface area contributed by atoms with Crippen molar-refractivity contribution < 1.29 is 0 Å². The maximum atomic E-state index is 3.45. The normalized spacial score (nSPS) is 25.6. The van der Waals surface area contributed by atoms with Crippen LogP contribution >= 0.6 is 0 Å². The van der Waals surface area contributed by atoms with Crippen molar-refractivity contribution in [1.29, 1.82) is 0 Å². The predicted molar refractivity (Wildman–Crippen MR) is 58.0 cm³/mol. The Kier molecular flexibility index (Phi) is 3.74. The van der Waals surface area contributed by atoms with Gasteiger partial charge in [-0.25, -0.2) is 0 Å². The monoisotopic (exact) mass is 184 g/mol. The van der Waals surface area contributed by atoms with Crippen LogP contribution in [0.25, 0.3) is 0 Å². The van der Waals surface area contributed by atoms with Gasteiger partial charge in [0.05, 0.1) is 0 Å². The molecule has 0 aromatic carbocycles. The van der Waals surface area contributed by atoms with Gasteiger partial charge < -0.3 is 5.32 Å². The molecule has 2 fully saturated rings. The second-order valence-corrected chi connectivity index (χ2v) is 4.43. The molecule has 0 bridgehead atoms. The summed E-state index contributed by atoms with van der Waals surface area (Å²) < 4.78 is 0. The summed E-state index contributed by atoms with van der Waals surface area (Å²) in [6.45, 7) is 13.7. The minimum atomic E-state index is 0.685. The molecule has 0 saturated carbocycles. The summed E-state index contributed by atoms with van der Waals surface area (Å²) in [6, 6.07) is 0.751. The van der Waals surface area contributed by atoms with Gasteiger partial charge in [-0.1, -0.05) is 13.8 Å². The molecule has 2 heteroatoms. The number of likely N-dealkylation sites (tertiary alicyclic amines) is 1. The van der Waals surface area contributed by atoms with Gasteiger partial charge in [-0.2, -0.15) is 0 Å². The molecular formula is C11H24N2. The maximum absolute atomic E-state index is 3.45. The van der Waals surface area contributed by atoms with Crippen LogP contribution in [0.15, 0.2) is 0 Å². The van der Waals surface area contributed by atoms with E-state index in [4.69, 9.17) is 0 Å². The Bertz CT molecular complexity index is 140. The fraction of sp³-hybridized carbons (Fsp3) is 1.00. The molecule has 1 N–H and O–H groups in total. The van der Waals surface area contributed by atoms with E-state index < -0.39 is 0 Å². The number of nitrogens with one attached hydrogen (secondary N) is 1. The highest BCUT2D eigenvalue weighted by Crippen LogP contribution is 2.36. The van der Waals surface area contributed by atoms with Crippen molar-refractivity contribution >= 4 is 0 Å². The Morgan fingerprint density at radius 1 is 1.23 bits per heavy atom. The fourth-order valence-corrected chi connectivity index (χ4v) is 2.25. The molecule has 2 aliphatic rings. The highest BCUT2D eigenvalue weighted by molar-refractivity contribution is 5.00. The molecule has 2 rings (SSSR count). The fourth-order valence-electron chi connectivity index (χ4n) is 2.25. The van der Waals surface area contributed by atoms with Gasteiger partial charge in [-0.05, 0) is 26.8 Å². The first kappa shape index (κ1) is 11.0. The van der Waals surface area contributed by atoms with Crippen LogP contribution < -0.4 is 5.32 Å². The summed E-state index contributed by atoms with van der Waals surface area (Å²) in [6.07, 6.45) is 1.40. The second-order valence-electron chi connectivity index (χ2n) is 4.43. The maximum Gasteiger partial charge on any atom is 0.00945 e. The van der Waals surface area contributed by atoms with Gasteiger partial charge in [-0.15, -0.1) is 0 Å². The predicted octanol–water partition coefficient (Wildman–Crippen LogP) is 1.72. The van der Waals surface area contributed by atoms with Crippen molar-refractivity contribution in [3.8, 4) is 0 Å². The summed E-state index contributed by atoms with van der Waals surface area (Å²) in [7, 11) is 0. The van der Waals surface area contributed by atoms with Gasteiger partial charge in [0.1, 0.15) is 0 Å². The van der Waals surface area contributed by atoms with E-state index >= 15 is 0 Å².